The van der Waals surface area contributed by atoms with Gasteiger partial charge in [0, 0.05) is 25.7 Å². The van der Waals surface area contributed by atoms with Crippen molar-refractivity contribution < 1.29 is 4.79 Å². The van der Waals surface area contributed by atoms with E-state index in [-0.39, 0.29) is 29.7 Å². The number of nitrogens with zero attached hydrogens (tertiary/aromatic N) is 4. The Balaban J connectivity index is 1.52. The average Bonchev–Trinajstić information content (AvgIpc) is 3.37. The van der Waals surface area contributed by atoms with E-state index >= 15 is 0 Å². The minimum absolute atomic E-state index is 0.0150. The quantitative estimate of drug-likeness (QED) is 0.852. The first-order valence-electron chi connectivity index (χ1n) is 9.42. The van der Waals surface area contributed by atoms with Gasteiger partial charge in [-0.15, -0.1) is 0 Å². The maximum atomic E-state index is 13.2. The van der Waals surface area contributed by atoms with Gasteiger partial charge >= 0.3 is 0 Å². The average molecular weight is 348 g/mol. The Labute approximate surface area is 154 Å². The molecular weight excluding hydrogens is 324 g/mol. The van der Waals surface area contributed by atoms with E-state index in [0.717, 1.165) is 43.4 Å². The van der Waals surface area contributed by atoms with Crippen LogP contribution < -0.4 is 0 Å². The molecule has 1 aliphatic heterocycles. The van der Waals surface area contributed by atoms with Gasteiger partial charge in [0.05, 0.1) is 24.2 Å². The summed E-state index contributed by atoms with van der Waals surface area (Å²) in [4.78, 5) is 15.2. The van der Waals surface area contributed by atoms with Crippen LogP contribution in [-0.2, 0) is 11.8 Å². The Kier molecular flexibility index (Phi) is 4.50. The van der Waals surface area contributed by atoms with Gasteiger partial charge in [0.25, 0.3) is 0 Å². The Bertz CT molecular complexity index is 822. The van der Waals surface area contributed by atoms with Crippen molar-refractivity contribution >= 4 is 5.91 Å². The van der Waals surface area contributed by atoms with Crippen LogP contribution >= 0.6 is 0 Å². The second-order valence-corrected chi connectivity index (χ2v) is 7.51. The second kappa shape index (κ2) is 6.95. The van der Waals surface area contributed by atoms with Gasteiger partial charge in [-0.05, 0) is 42.7 Å². The molecule has 0 radical (unpaired) electrons. The zero-order valence-corrected chi connectivity index (χ0v) is 15.1. The van der Waals surface area contributed by atoms with Crippen molar-refractivity contribution in [1.29, 1.82) is 5.26 Å². The lowest BCUT2D eigenvalue weighted by Gasteiger charge is -2.38. The normalized spacial score (nSPS) is 26.2. The highest BCUT2D eigenvalue weighted by Crippen LogP contribution is 2.49. The molecule has 134 valence electrons. The molecule has 4 atom stereocenters. The van der Waals surface area contributed by atoms with Gasteiger partial charge in [0.15, 0.2) is 0 Å². The lowest BCUT2D eigenvalue weighted by molar-refractivity contribution is -0.136. The SMILES string of the molecule is Cn1cc([C@@H]2C[C@@H]2C(=O)N2CCCC[C@H]2[C@H](C#N)c2ccccc2)cn1. The summed E-state index contributed by atoms with van der Waals surface area (Å²) in [7, 11) is 1.90. The molecule has 0 unspecified atom stereocenters. The number of amides is 1. The van der Waals surface area contributed by atoms with E-state index in [0.29, 0.717) is 0 Å². The number of nitriles is 1. The fraction of sp³-hybridized carbons (Fsp3) is 0.476. The molecule has 2 aliphatic rings. The van der Waals surface area contributed by atoms with Crippen LogP contribution in [0.4, 0.5) is 0 Å². The molecule has 2 heterocycles. The van der Waals surface area contributed by atoms with Crippen LogP contribution in [0.1, 0.15) is 48.6 Å². The molecule has 1 amide bonds. The molecule has 2 fully saturated rings. The Morgan fingerprint density at radius 2 is 2.12 bits per heavy atom. The number of aromatic nitrogens is 2. The molecule has 4 rings (SSSR count). The molecule has 0 N–H and O–H groups in total. The number of hydrogen-bond donors (Lipinski definition) is 0. The molecule has 26 heavy (non-hydrogen) atoms. The van der Waals surface area contributed by atoms with Gasteiger partial charge in [-0.3, -0.25) is 9.48 Å². The number of likely N-dealkylation sites (tertiary alicyclic amines) is 1. The van der Waals surface area contributed by atoms with Gasteiger partial charge in [0.1, 0.15) is 0 Å². The fourth-order valence-electron chi connectivity index (χ4n) is 4.30. The number of benzene rings is 1. The summed E-state index contributed by atoms with van der Waals surface area (Å²) in [5.41, 5.74) is 2.17. The van der Waals surface area contributed by atoms with Crippen LogP contribution in [0.2, 0.25) is 0 Å². The molecule has 0 bridgehead atoms. The molecular formula is C21H24N4O. The molecule has 5 nitrogen and oxygen atoms in total. The molecule has 1 saturated carbocycles. The zero-order chi connectivity index (χ0) is 18.1. The molecule has 2 aromatic rings. The summed E-state index contributed by atoms with van der Waals surface area (Å²) in [6, 6.07) is 12.4. The first-order valence-corrected chi connectivity index (χ1v) is 9.42. The maximum Gasteiger partial charge on any atom is 0.226 e. The number of carbonyl (C=O) groups excluding carboxylic acids is 1. The number of aryl methyl sites for hydroxylation is 1. The van der Waals surface area contributed by atoms with Crippen LogP contribution in [-0.4, -0.2) is 33.2 Å². The monoisotopic (exact) mass is 348 g/mol. The van der Waals surface area contributed by atoms with Crippen molar-refractivity contribution in [3.8, 4) is 6.07 Å². The molecule has 1 aromatic carbocycles. The standard InChI is InChI=1S/C21H24N4O/c1-24-14-16(13-23-24)17-11-18(17)21(26)25-10-6-5-9-20(25)19(12-22)15-7-3-2-4-8-15/h2-4,7-8,13-14,17-20H,5-6,9-11H2,1H3/t17-,18-,19+,20-/m0/s1. The lowest BCUT2D eigenvalue weighted by atomic mass is 9.86. The van der Waals surface area contributed by atoms with E-state index in [1.807, 2.05) is 54.7 Å². The molecule has 1 aliphatic carbocycles. The predicted octanol–water partition coefficient (Wildman–Crippen LogP) is 3.21. The summed E-state index contributed by atoms with van der Waals surface area (Å²) in [6.45, 7) is 0.769. The summed E-state index contributed by atoms with van der Waals surface area (Å²) in [6.07, 6.45) is 7.79. The number of carbonyl (C=O) groups is 1. The van der Waals surface area contributed by atoms with E-state index in [1.165, 1.54) is 0 Å². The first-order chi connectivity index (χ1) is 12.7. The Hall–Kier alpha value is -2.61. The van der Waals surface area contributed by atoms with Crippen molar-refractivity contribution in [3.63, 3.8) is 0 Å². The van der Waals surface area contributed by atoms with Gasteiger partial charge in [-0.1, -0.05) is 30.3 Å². The van der Waals surface area contributed by atoms with Crippen molar-refractivity contribution in [2.24, 2.45) is 13.0 Å². The minimum atomic E-state index is -0.254. The molecule has 0 spiro atoms. The van der Waals surface area contributed by atoms with Gasteiger partial charge in [0.2, 0.25) is 5.91 Å². The lowest BCUT2D eigenvalue weighted by Crippen LogP contribution is -2.47. The second-order valence-electron chi connectivity index (χ2n) is 7.51. The third kappa shape index (κ3) is 3.12. The van der Waals surface area contributed by atoms with Gasteiger partial charge in [-0.25, -0.2) is 0 Å². The smallest absolute Gasteiger partial charge is 0.226 e. The van der Waals surface area contributed by atoms with Gasteiger partial charge < -0.3 is 4.90 Å². The summed E-state index contributed by atoms with van der Waals surface area (Å²) in [5.74, 6) is 0.307. The third-order valence-electron chi connectivity index (χ3n) is 5.78. The molecule has 1 aromatic heterocycles. The Morgan fingerprint density at radius 3 is 2.81 bits per heavy atom. The molecule has 5 heteroatoms. The van der Waals surface area contributed by atoms with Gasteiger partial charge in [-0.2, -0.15) is 10.4 Å². The van der Waals surface area contributed by atoms with Crippen molar-refractivity contribution in [2.45, 2.75) is 43.6 Å². The largest absolute Gasteiger partial charge is 0.338 e. The van der Waals surface area contributed by atoms with Crippen LogP contribution in [0.3, 0.4) is 0 Å². The minimum Gasteiger partial charge on any atom is -0.338 e. The summed E-state index contributed by atoms with van der Waals surface area (Å²) in [5, 5.41) is 14.0. The predicted molar refractivity (Wildman–Crippen MR) is 98.2 cm³/mol. The zero-order valence-electron chi connectivity index (χ0n) is 15.1. The summed E-state index contributed by atoms with van der Waals surface area (Å²) >= 11 is 0. The van der Waals surface area contributed by atoms with E-state index in [4.69, 9.17) is 0 Å². The fourth-order valence-corrected chi connectivity index (χ4v) is 4.30. The number of rotatable bonds is 4. The van der Waals surface area contributed by atoms with E-state index < -0.39 is 0 Å². The third-order valence-corrected chi connectivity index (χ3v) is 5.78. The topological polar surface area (TPSA) is 61.9 Å². The number of hydrogen-bond acceptors (Lipinski definition) is 3. The number of piperidine rings is 1. The van der Waals surface area contributed by atoms with E-state index in [9.17, 15) is 10.1 Å². The van der Waals surface area contributed by atoms with Crippen molar-refractivity contribution in [3.05, 3.63) is 53.9 Å². The summed E-state index contributed by atoms with van der Waals surface area (Å²) < 4.78 is 1.79. The van der Waals surface area contributed by atoms with Crippen LogP contribution in [0, 0.1) is 17.2 Å². The highest BCUT2D eigenvalue weighted by Gasteiger charge is 2.48. The van der Waals surface area contributed by atoms with Crippen LogP contribution in [0.15, 0.2) is 42.7 Å². The van der Waals surface area contributed by atoms with Crippen molar-refractivity contribution in [2.75, 3.05) is 6.54 Å². The van der Waals surface area contributed by atoms with E-state index in [1.54, 1.807) is 4.68 Å². The molecule has 1 saturated heterocycles. The van der Waals surface area contributed by atoms with Crippen molar-refractivity contribution in [1.82, 2.24) is 14.7 Å². The Morgan fingerprint density at radius 1 is 1.31 bits per heavy atom. The maximum absolute atomic E-state index is 13.2. The van der Waals surface area contributed by atoms with Crippen LogP contribution in [0.25, 0.3) is 0 Å². The highest BCUT2D eigenvalue weighted by atomic mass is 16.2. The van der Waals surface area contributed by atoms with E-state index in [2.05, 4.69) is 11.2 Å². The van der Waals surface area contributed by atoms with Crippen LogP contribution in [0.5, 0.6) is 0 Å². The highest BCUT2D eigenvalue weighted by molar-refractivity contribution is 5.83. The first kappa shape index (κ1) is 16.8.